The van der Waals surface area contributed by atoms with Crippen LogP contribution in [0.3, 0.4) is 0 Å². The minimum absolute atomic E-state index is 0.0347. The predicted molar refractivity (Wildman–Crippen MR) is 139 cm³/mol. The normalized spacial score (nSPS) is 23.9. The number of unbranched alkanes of at least 4 members (excludes halogenated alkanes) is 1. The van der Waals surface area contributed by atoms with Crippen molar-refractivity contribution in [2.24, 2.45) is 23.7 Å². The lowest BCUT2D eigenvalue weighted by molar-refractivity contribution is -0.140. The fourth-order valence-electron chi connectivity index (χ4n) is 5.49. The van der Waals surface area contributed by atoms with Crippen molar-refractivity contribution in [3.05, 3.63) is 42.0 Å². The van der Waals surface area contributed by atoms with Crippen LogP contribution in [-0.2, 0) is 19.1 Å². The Bertz CT molecular complexity index is 873. The molecule has 198 valence electrons. The van der Waals surface area contributed by atoms with E-state index < -0.39 is 11.9 Å². The number of benzene rings is 1. The number of carbonyl (C=O) groups is 3. The summed E-state index contributed by atoms with van der Waals surface area (Å²) in [5.74, 6) is 1.95. The molecule has 0 radical (unpaired) electrons. The fraction of sp³-hybridized carbons (Fsp3) is 0.633. The average Bonchev–Trinajstić information content (AvgIpc) is 2.90. The Morgan fingerprint density at radius 3 is 1.94 bits per heavy atom. The molecule has 36 heavy (non-hydrogen) atoms. The summed E-state index contributed by atoms with van der Waals surface area (Å²) >= 11 is 0. The van der Waals surface area contributed by atoms with Crippen molar-refractivity contribution in [3.63, 3.8) is 0 Å². The van der Waals surface area contributed by atoms with Crippen LogP contribution in [0.1, 0.15) is 94.8 Å². The van der Waals surface area contributed by atoms with Crippen molar-refractivity contribution in [2.45, 2.75) is 84.5 Å². The maximum Gasteiger partial charge on any atom is 0.338 e. The van der Waals surface area contributed by atoms with Gasteiger partial charge in [-0.1, -0.05) is 32.8 Å². The van der Waals surface area contributed by atoms with Gasteiger partial charge in [0, 0.05) is 5.57 Å². The maximum atomic E-state index is 12.7. The number of hydrogen-bond acceptors (Lipinski definition) is 6. The van der Waals surface area contributed by atoms with Crippen molar-refractivity contribution < 1.29 is 28.6 Å². The smallest absolute Gasteiger partial charge is 0.338 e. The van der Waals surface area contributed by atoms with Crippen LogP contribution in [0.2, 0.25) is 0 Å². The lowest BCUT2D eigenvalue weighted by Crippen LogP contribution is -2.30. The van der Waals surface area contributed by atoms with Gasteiger partial charge in [-0.3, -0.25) is 4.79 Å². The minimum atomic E-state index is -0.432. The predicted octanol–water partition coefficient (Wildman–Crippen LogP) is 6.67. The summed E-state index contributed by atoms with van der Waals surface area (Å²) in [6.07, 6.45) is 12.0. The molecular formula is C30H42O6. The van der Waals surface area contributed by atoms with Crippen molar-refractivity contribution in [1.82, 2.24) is 0 Å². The summed E-state index contributed by atoms with van der Waals surface area (Å²) < 4.78 is 15.9. The molecule has 2 fully saturated rings. The van der Waals surface area contributed by atoms with E-state index in [1.807, 2.05) is 0 Å². The molecule has 0 bridgehead atoms. The SMILES string of the molecule is C=C(C)C(=O)OCCCCOC(=O)c1ccc(OC(=O)[C@H]2CC[C@H](C3CCC(CC)CC3)CC2)cc1. The molecule has 0 saturated heterocycles. The minimum Gasteiger partial charge on any atom is -0.462 e. The Hall–Kier alpha value is -2.63. The van der Waals surface area contributed by atoms with E-state index in [4.69, 9.17) is 14.2 Å². The lowest BCUT2D eigenvalue weighted by atomic mass is 9.69. The van der Waals surface area contributed by atoms with Gasteiger partial charge in [0.15, 0.2) is 0 Å². The number of carbonyl (C=O) groups excluding carboxylic acids is 3. The third kappa shape index (κ3) is 8.49. The second-order valence-electron chi connectivity index (χ2n) is 10.5. The van der Waals surface area contributed by atoms with Gasteiger partial charge < -0.3 is 14.2 Å². The van der Waals surface area contributed by atoms with E-state index in [1.165, 1.54) is 32.1 Å². The van der Waals surface area contributed by atoms with E-state index in [0.717, 1.165) is 43.4 Å². The molecule has 1 aromatic carbocycles. The van der Waals surface area contributed by atoms with Crippen LogP contribution in [-0.4, -0.2) is 31.1 Å². The molecule has 2 aliphatic rings. The van der Waals surface area contributed by atoms with Crippen molar-refractivity contribution in [2.75, 3.05) is 13.2 Å². The van der Waals surface area contributed by atoms with Crippen LogP contribution in [0.15, 0.2) is 36.4 Å². The van der Waals surface area contributed by atoms with Crippen molar-refractivity contribution >= 4 is 17.9 Å². The third-order valence-electron chi connectivity index (χ3n) is 7.90. The summed E-state index contributed by atoms with van der Waals surface area (Å²) in [5.41, 5.74) is 0.768. The Balaban J connectivity index is 1.33. The number of ether oxygens (including phenoxy) is 3. The highest BCUT2D eigenvalue weighted by Crippen LogP contribution is 2.42. The van der Waals surface area contributed by atoms with Crippen LogP contribution < -0.4 is 4.74 Å². The first kappa shape index (κ1) is 27.9. The summed E-state index contributed by atoms with van der Waals surface area (Å²) in [6.45, 7) is 7.93. The van der Waals surface area contributed by atoms with Crippen molar-refractivity contribution in [3.8, 4) is 5.75 Å². The van der Waals surface area contributed by atoms with Crippen molar-refractivity contribution in [1.29, 1.82) is 0 Å². The zero-order valence-electron chi connectivity index (χ0n) is 22.0. The molecule has 2 aliphatic carbocycles. The van der Waals surface area contributed by atoms with E-state index in [2.05, 4.69) is 13.5 Å². The second kappa shape index (κ2) is 14.2. The van der Waals surface area contributed by atoms with Gasteiger partial charge in [-0.15, -0.1) is 0 Å². The van der Waals surface area contributed by atoms with E-state index in [-0.39, 0.29) is 25.1 Å². The standard InChI is InChI=1S/C30H42O6/c1-4-22-7-9-23(10-8-22)24-11-13-26(14-12-24)30(33)36-27-17-15-25(16-18-27)29(32)35-20-6-5-19-34-28(31)21(2)3/h15-18,22-24,26H,2,4-14,19-20H2,1,3H3/t22?,23?,24-,26-. The summed E-state index contributed by atoms with van der Waals surface area (Å²) in [7, 11) is 0. The monoisotopic (exact) mass is 498 g/mol. The van der Waals surface area contributed by atoms with E-state index in [9.17, 15) is 14.4 Å². The van der Waals surface area contributed by atoms with Crippen LogP contribution >= 0.6 is 0 Å². The highest BCUT2D eigenvalue weighted by atomic mass is 16.5. The van der Waals surface area contributed by atoms with Gasteiger partial charge in [-0.05, 0) is 100 Å². The van der Waals surface area contributed by atoms with E-state index in [1.54, 1.807) is 31.2 Å². The third-order valence-corrected chi connectivity index (χ3v) is 7.90. The Kier molecular flexibility index (Phi) is 11.0. The average molecular weight is 499 g/mol. The molecule has 6 nitrogen and oxygen atoms in total. The molecule has 2 saturated carbocycles. The van der Waals surface area contributed by atoms with Crippen LogP contribution in [0.5, 0.6) is 5.75 Å². The molecule has 0 N–H and O–H groups in total. The highest BCUT2D eigenvalue weighted by Gasteiger charge is 2.33. The zero-order chi connectivity index (χ0) is 25.9. The lowest BCUT2D eigenvalue weighted by Gasteiger charge is -2.37. The Labute approximate surface area is 215 Å². The highest BCUT2D eigenvalue weighted by molar-refractivity contribution is 5.89. The van der Waals surface area contributed by atoms with Gasteiger partial charge in [-0.25, -0.2) is 9.59 Å². The van der Waals surface area contributed by atoms with Crippen LogP contribution in [0, 0.1) is 23.7 Å². The molecule has 3 rings (SSSR count). The van der Waals surface area contributed by atoms with E-state index in [0.29, 0.717) is 29.7 Å². The fourth-order valence-corrected chi connectivity index (χ4v) is 5.49. The topological polar surface area (TPSA) is 78.9 Å². The quantitative estimate of drug-likeness (QED) is 0.147. The molecule has 6 heteroatoms. The van der Waals surface area contributed by atoms with Crippen LogP contribution in [0.25, 0.3) is 0 Å². The molecular weight excluding hydrogens is 456 g/mol. The zero-order valence-corrected chi connectivity index (χ0v) is 22.0. The van der Waals surface area contributed by atoms with Gasteiger partial charge >= 0.3 is 17.9 Å². The molecule has 1 aromatic rings. The number of esters is 3. The van der Waals surface area contributed by atoms with Crippen LogP contribution in [0.4, 0.5) is 0 Å². The van der Waals surface area contributed by atoms with E-state index >= 15 is 0 Å². The number of rotatable bonds is 11. The molecule has 0 aromatic heterocycles. The summed E-state index contributed by atoms with van der Waals surface area (Å²) in [4.78, 5) is 36.2. The second-order valence-corrected chi connectivity index (χ2v) is 10.5. The molecule has 0 aliphatic heterocycles. The van der Waals surface area contributed by atoms with Gasteiger partial charge in [0.2, 0.25) is 0 Å². The Morgan fingerprint density at radius 1 is 0.833 bits per heavy atom. The van der Waals surface area contributed by atoms with Gasteiger partial charge in [0.25, 0.3) is 0 Å². The maximum absolute atomic E-state index is 12.7. The molecule has 0 amide bonds. The first-order chi connectivity index (χ1) is 17.4. The van der Waals surface area contributed by atoms with Gasteiger partial charge in [-0.2, -0.15) is 0 Å². The first-order valence-electron chi connectivity index (χ1n) is 13.7. The molecule has 0 spiro atoms. The van der Waals surface area contributed by atoms with Gasteiger partial charge in [0.1, 0.15) is 5.75 Å². The Morgan fingerprint density at radius 2 is 1.39 bits per heavy atom. The summed E-state index contributed by atoms with van der Waals surface area (Å²) in [5, 5.41) is 0. The summed E-state index contributed by atoms with van der Waals surface area (Å²) in [6, 6.07) is 6.51. The molecule has 0 atom stereocenters. The van der Waals surface area contributed by atoms with Gasteiger partial charge in [0.05, 0.1) is 24.7 Å². The first-order valence-corrected chi connectivity index (χ1v) is 13.7. The number of hydrogen-bond donors (Lipinski definition) is 0. The largest absolute Gasteiger partial charge is 0.462 e. The molecule has 0 heterocycles. The molecule has 0 unspecified atom stereocenters.